The van der Waals surface area contributed by atoms with Gasteiger partial charge >= 0.3 is 6.09 Å². The first-order valence-electron chi connectivity index (χ1n) is 17.0. The van der Waals surface area contributed by atoms with Gasteiger partial charge in [0.2, 0.25) is 5.91 Å². The maximum absolute atomic E-state index is 15.3. The molecule has 2 aliphatic heterocycles. The molecule has 2 aromatic carbocycles. The van der Waals surface area contributed by atoms with Crippen LogP contribution >= 0.6 is 0 Å². The number of pyridine rings is 1. The lowest BCUT2D eigenvalue weighted by Gasteiger charge is -2.34. The Balaban J connectivity index is 1.10. The van der Waals surface area contributed by atoms with Crippen molar-refractivity contribution in [3.8, 4) is 22.4 Å². The first kappa shape index (κ1) is 34.6. The number of benzene rings is 2. The minimum Gasteiger partial charge on any atom is -0.453 e. The molecule has 12 nitrogen and oxygen atoms in total. The molecule has 4 heterocycles. The van der Waals surface area contributed by atoms with Gasteiger partial charge in [-0.25, -0.2) is 19.2 Å². The minimum absolute atomic E-state index is 0.124. The number of hydrogen-bond donors (Lipinski definition) is 4. The van der Waals surface area contributed by atoms with E-state index in [2.05, 4.69) is 37.7 Å². The van der Waals surface area contributed by atoms with E-state index >= 15 is 4.39 Å². The van der Waals surface area contributed by atoms with Gasteiger partial charge in [0.1, 0.15) is 23.5 Å². The van der Waals surface area contributed by atoms with Crippen molar-refractivity contribution in [2.75, 3.05) is 43.5 Å². The van der Waals surface area contributed by atoms with Gasteiger partial charge in [0.15, 0.2) is 0 Å². The van der Waals surface area contributed by atoms with Crippen LogP contribution in [0.2, 0.25) is 0 Å². The van der Waals surface area contributed by atoms with E-state index in [4.69, 9.17) is 9.72 Å². The van der Waals surface area contributed by atoms with E-state index in [1.54, 1.807) is 35.5 Å². The highest BCUT2D eigenvalue weighted by molar-refractivity contribution is 6.04. The molecule has 0 bridgehead atoms. The summed E-state index contributed by atoms with van der Waals surface area (Å²) < 4.78 is 20.1. The molecule has 4 N–H and O–H groups in total. The van der Waals surface area contributed by atoms with Gasteiger partial charge in [-0.2, -0.15) is 0 Å². The zero-order chi connectivity index (χ0) is 35.4. The third-order valence-corrected chi connectivity index (χ3v) is 9.36. The summed E-state index contributed by atoms with van der Waals surface area (Å²) in [5, 5.41) is 8.79. The summed E-state index contributed by atoms with van der Waals surface area (Å²) in [4.78, 5) is 54.8. The summed E-state index contributed by atoms with van der Waals surface area (Å²) in [6.07, 6.45) is 4.26. The van der Waals surface area contributed by atoms with Gasteiger partial charge in [0.05, 0.1) is 24.4 Å². The Morgan fingerprint density at radius 1 is 1.04 bits per heavy atom. The van der Waals surface area contributed by atoms with Gasteiger partial charge in [0.25, 0.3) is 5.91 Å². The highest BCUT2D eigenvalue weighted by Crippen LogP contribution is 2.33. The predicted molar refractivity (Wildman–Crippen MR) is 189 cm³/mol. The third kappa shape index (κ3) is 7.47. The minimum atomic E-state index is -0.711. The Morgan fingerprint density at radius 3 is 2.50 bits per heavy atom. The molecule has 0 spiro atoms. The second kappa shape index (κ2) is 15.1. The molecule has 3 amide bonds. The molecule has 4 aromatic rings. The molecule has 2 aliphatic rings. The van der Waals surface area contributed by atoms with E-state index in [0.717, 1.165) is 43.9 Å². The number of amides is 3. The summed E-state index contributed by atoms with van der Waals surface area (Å²) >= 11 is 0. The van der Waals surface area contributed by atoms with E-state index < -0.39 is 18.0 Å². The van der Waals surface area contributed by atoms with Crippen LogP contribution in [0.5, 0.6) is 0 Å². The van der Waals surface area contributed by atoms with Crippen molar-refractivity contribution in [2.24, 2.45) is 5.92 Å². The Bertz CT molecular complexity index is 1830. The van der Waals surface area contributed by atoms with Crippen molar-refractivity contribution in [3.63, 3.8) is 0 Å². The highest BCUT2D eigenvalue weighted by atomic mass is 19.1. The second-order valence-electron chi connectivity index (χ2n) is 13.1. The van der Waals surface area contributed by atoms with Gasteiger partial charge in [-0.3, -0.25) is 9.59 Å². The topological polar surface area (TPSA) is 145 Å². The number of aromatic amines is 1. The number of likely N-dealkylation sites (tertiary alicyclic amines) is 1. The van der Waals surface area contributed by atoms with Crippen LogP contribution < -0.4 is 20.9 Å². The molecule has 3 atom stereocenters. The Hall–Kier alpha value is -5.30. The average Bonchev–Trinajstić information content (AvgIpc) is 3.81. The first-order valence-corrected chi connectivity index (χ1v) is 17.0. The SMILES string of the molecule is COC(=O)NC(C(=O)N1CCC[C@H]1c1nc(-c2ccc(-c3ccc(NC(=O)c4ccc(N5CCNC[C@@H]5C)nc4)cc3F)cc2)c[nH]1)C(C)C. The van der Waals surface area contributed by atoms with E-state index in [1.165, 1.54) is 13.2 Å². The number of hydrogen-bond acceptors (Lipinski definition) is 8. The van der Waals surface area contributed by atoms with Gasteiger partial charge < -0.3 is 35.5 Å². The fraction of sp³-hybridized carbons (Fsp3) is 0.378. The number of carbonyl (C=O) groups excluding carboxylic acids is 3. The van der Waals surface area contributed by atoms with E-state index in [-0.39, 0.29) is 23.8 Å². The first-order chi connectivity index (χ1) is 24.1. The van der Waals surface area contributed by atoms with Crippen LogP contribution in [0, 0.1) is 11.7 Å². The van der Waals surface area contributed by atoms with E-state index in [1.807, 2.05) is 44.2 Å². The van der Waals surface area contributed by atoms with Crippen molar-refractivity contribution in [1.29, 1.82) is 0 Å². The predicted octanol–water partition coefficient (Wildman–Crippen LogP) is 5.37. The van der Waals surface area contributed by atoms with Crippen LogP contribution in [0.4, 0.5) is 20.7 Å². The molecular weight excluding hydrogens is 639 g/mol. The maximum Gasteiger partial charge on any atom is 0.407 e. The number of alkyl carbamates (subject to hydrolysis) is 1. The number of methoxy groups -OCH3 is 1. The van der Waals surface area contributed by atoms with Gasteiger partial charge in [-0.1, -0.05) is 38.1 Å². The largest absolute Gasteiger partial charge is 0.453 e. The van der Waals surface area contributed by atoms with Crippen LogP contribution in [-0.2, 0) is 9.53 Å². The van der Waals surface area contributed by atoms with Gasteiger partial charge in [-0.15, -0.1) is 0 Å². The zero-order valence-electron chi connectivity index (χ0n) is 28.7. The Labute approximate surface area is 290 Å². The third-order valence-electron chi connectivity index (χ3n) is 9.36. The standard InChI is InChI=1S/C37H43FN8O4/c1-22(2)33(44-37(49)50-4)36(48)46-16-5-6-31(46)34-41-21-30(43-34)25-9-7-24(8-10-25)28-13-12-27(18-29(28)38)42-35(47)26-11-14-32(40-20-26)45-17-15-39-19-23(45)3/h7-14,18,20-23,31,33,39H,5-6,15-17,19H2,1-4H3,(H,41,43)(H,42,47)(H,44,49)/t23-,31-,33?/m0/s1. The number of nitrogens with one attached hydrogen (secondary N) is 4. The van der Waals surface area contributed by atoms with Crippen molar-refractivity contribution in [3.05, 3.63) is 84.2 Å². The maximum atomic E-state index is 15.3. The number of carbonyl (C=O) groups is 3. The molecular formula is C37H43FN8O4. The van der Waals surface area contributed by atoms with Crippen LogP contribution in [0.3, 0.4) is 0 Å². The monoisotopic (exact) mass is 682 g/mol. The summed E-state index contributed by atoms with van der Waals surface area (Å²) in [7, 11) is 1.27. The molecule has 2 saturated heterocycles. The lowest BCUT2D eigenvalue weighted by molar-refractivity contribution is -0.135. The number of halogens is 1. The molecule has 2 fully saturated rings. The quantitative estimate of drug-likeness (QED) is 0.185. The molecule has 0 saturated carbocycles. The van der Waals surface area contributed by atoms with Crippen LogP contribution in [0.1, 0.15) is 55.8 Å². The number of imidazole rings is 1. The van der Waals surface area contributed by atoms with Crippen molar-refractivity contribution in [1.82, 2.24) is 30.5 Å². The van der Waals surface area contributed by atoms with Gasteiger partial charge in [-0.05, 0) is 61.6 Å². The van der Waals surface area contributed by atoms with E-state index in [0.29, 0.717) is 46.5 Å². The smallest absolute Gasteiger partial charge is 0.407 e. The Kier molecular flexibility index (Phi) is 10.4. The Morgan fingerprint density at radius 2 is 1.82 bits per heavy atom. The molecule has 262 valence electrons. The number of H-pyrrole nitrogens is 1. The number of rotatable bonds is 9. The van der Waals surface area contributed by atoms with Crippen LogP contribution in [-0.4, -0.2) is 83.1 Å². The number of nitrogens with zero attached hydrogens (tertiary/aromatic N) is 4. The summed E-state index contributed by atoms with van der Waals surface area (Å²) in [6, 6.07) is 14.9. The molecule has 0 aliphatic carbocycles. The molecule has 0 radical (unpaired) electrons. The summed E-state index contributed by atoms with van der Waals surface area (Å²) in [5.74, 6) is 0.361. The normalized spacial score (nSPS) is 18.2. The molecule has 1 unspecified atom stereocenters. The van der Waals surface area contributed by atoms with Crippen LogP contribution in [0.25, 0.3) is 22.4 Å². The van der Waals surface area contributed by atoms with Crippen molar-refractivity contribution in [2.45, 2.75) is 51.7 Å². The number of aromatic nitrogens is 3. The lowest BCUT2D eigenvalue weighted by Crippen LogP contribution is -2.51. The van der Waals surface area contributed by atoms with E-state index in [9.17, 15) is 14.4 Å². The molecule has 6 rings (SSSR count). The number of ether oxygens (including phenoxy) is 1. The summed E-state index contributed by atoms with van der Waals surface area (Å²) in [6.45, 7) is 9.06. The molecule has 13 heteroatoms. The molecule has 2 aromatic heterocycles. The fourth-order valence-electron chi connectivity index (χ4n) is 6.57. The van der Waals surface area contributed by atoms with Crippen molar-refractivity contribution >= 4 is 29.4 Å². The second-order valence-corrected chi connectivity index (χ2v) is 13.1. The lowest BCUT2D eigenvalue weighted by atomic mass is 10.0. The van der Waals surface area contributed by atoms with Gasteiger partial charge in [0, 0.05) is 61.4 Å². The summed E-state index contributed by atoms with van der Waals surface area (Å²) in [5.41, 5.74) is 3.33. The highest BCUT2D eigenvalue weighted by Gasteiger charge is 2.37. The average molecular weight is 683 g/mol. The number of piperazine rings is 1. The number of anilines is 2. The molecule has 50 heavy (non-hydrogen) atoms. The zero-order valence-corrected chi connectivity index (χ0v) is 28.7. The van der Waals surface area contributed by atoms with Crippen molar-refractivity contribution < 1.29 is 23.5 Å². The fourth-order valence-corrected chi connectivity index (χ4v) is 6.57. The van der Waals surface area contributed by atoms with Crippen LogP contribution in [0.15, 0.2) is 67.0 Å².